The third-order valence-electron chi connectivity index (χ3n) is 2.49. The molecule has 0 spiro atoms. The highest BCUT2D eigenvalue weighted by Gasteiger charge is 2.20. The van der Waals surface area contributed by atoms with Gasteiger partial charge in [0.1, 0.15) is 0 Å². The molecule has 13 heavy (non-hydrogen) atoms. The molecule has 0 aliphatic heterocycles. The lowest BCUT2D eigenvalue weighted by atomic mass is 10.1. The number of hydrogen-bond acceptors (Lipinski definition) is 2. The predicted molar refractivity (Wildman–Crippen MR) is 54.5 cm³/mol. The Bertz CT molecular complexity index is 269. The van der Waals surface area contributed by atoms with Crippen LogP contribution in [0.25, 0.3) is 0 Å². The van der Waals surface area contributed by atoms with Gasteiger partial charge in [-0.2, -0.15) is 0 Å². The Morgan fingerprint density at radius 2 is 1.69 bits per heavy atom. The smallest absolute Gasteiger partial charge is 0.0296 e. The van der Waals surface area contributed by atoms with Gasteiger partial charge >= 0.3 is 0 Å². The second kappa shape index (κ2) is 3.48. The largest absolute Gasteiger partial charge is 0.252 e. The summed E-state index contributed by atoms with van der Waals surface area (Å²) in [6.07, 6.45) is 2.32. The van der Waals surface area contributed by atoms with Crippen LogP contribution in [0.15, 0.2) is 24.3 Å². The van der Waals surface area contributed by atoms with E-state index in [1.807, 2.05) is 19.1 Å². The molecule has 1 aliphatic rings. The molecule has 2 rings (SSSR count). The average Bonchev–Trinajstić information content (AvgIpc) is 2.44. The number of benzene rings is 1. The average molecular weight is 176 g/mol. The van der Waals surface area contributed by atoms with Crippen molar-refractivity contribution in [1.82, 2.24) is 10.4 Å². The van der Waals surface area contributed by atoms with E-state index >= 15 is 0 Å². The number of nitrogens with zero attached hydrogens (tertiary/aromatic N) is 1. The van der Waals surface area contributed by atoms with Crippen LogP contribution < -0.4 is 5.43 Å². The molecule has 0 atom stereocenters. The van der Waals surface area contributed by atoms with Gasteiger partial charge in [0, 0.05) is 20.1 Å². The summed E-state index contributed by atoms with van der Waals surface area (Å²) in [5.74, 6) is 0. The normalized spacial score (nSPS) is 16.5. The second-order valence-corrected chi connectivity index (χ2v) is 3.90. The first-order chi connectivity index (χ1) is 6.25. The Balaban J connectivity index is 2.05. The Morgan fingerprint density at radius 1 is 1.15 bits per heavy atom. The van der Waals surface area contributed by atoms with E-state index in [9.17, 15) is 0 Å². The number of nitrogens with one attached hydrogen (secondary N) is 1. The van der Waals surface area contributed by atoms with Crippen molar-refractivity contribution in [3.05, 3.63) is 35.4 Å². The van der Waals surface area contributed by atoms with Gasteiger partial charge in [0.05, 0.1) is 0 Å². The lowest BCUT2D eigenvalue weighted by Crippen LogP contribution is -2.40. The summed E-state index contributed by atoms with van der Waals surface area (Å²) in [5.41, 5.74) is 6.43. The van der Waals surface area contributed by atoms with Crippen molar-refractivity contribution >= 4 is 0 Å². The van der Waals surface area contributed by atoms with Crippen molar-refractivity contribution in [3.63, 3.8) is 0 Å². The van der Waals surface area contributed by atoms with Crippen molar-refractivity contribution in [1.29, 1.82) is 0 Å². The lowest BCUT2D eigenvalue weighted by Gasteiger charge is -2.17. The van der Waals surface area contributed by atoms with Gasteiger partial charge in [-0.3, -0.25) is 10.4 Å². The second-order valence-electron chi connectivity index (χ2n) is 3.90. The highest BCUT2D eigenvalue weighted by Crippen LogP contribution is 2.21. The van der Waals surface area contributed by atoms with Gasteiger partial charge in [-0.15, -0.1) is 0 Å². The maximum Gasteiger partial charge on any atom is 0.0296 e. The summed E-state index contributed by atoms with van der Waals surface area (Å²) in [5, 5.41) is 2.04. The molecular weight excluding hydrogens is 160 g/mol. The van der Waals surface area contributed by atoms with E-state index in [4.69, 9.17) is 0 Å². The molecule has 1 aromatic carbocycles. The van der Waals surface area contributed by atoms with Crippen LogP contribution in [-0.2, 0) is 12.8 Å². The number of rotatable bonds is 2. The molecule has 0 saturated carbocycles. The molecule has 0 heterocycles. The standard InChI is InChI=1S/C11H16N2/c1-13(2)12-11-7-9-5-3-4-6-10(9)8-11/h3-6,11-12H,7-8H2,1-2H3. The zero-order valence-electron chi connectivity index (χ0n) is 8.25. The monoisotopic (exact) mass is 176 g/mol. The van der Waals surface area contributed by atoms with Crippen molar-refractivity contribution in [2.75, 3.05) is 14.1 Å². The van der Waals surface area contributed by atoms with Crippen molar-refractivity contribution in [2.24, 2.45) is 0 Å². The van der Waals surface area contributed by atoms with E-state index in [-0.39, 0.29) is 0 Å². The Hall–Kier alpha value is -0.860. The molecule has 70 valence electrons. The first kappa shape index (κ1) is 8.73. The molecule has 1 N–H and O–H groups in total. The number of hydrazine groups is 1. The fraction of sp³-hybridized carbons (Fsp3) is 0.455. The minimum Gasteiger partial charge on any atom is -0.252 e. The van der Waals surface area contributed by atoms with E-state index in [0.717, 1.165) is 12.8 Å². The topological polar surface area (TPSA) is 15.3 Å². The summed E-state index contributed by atoms with van der Waals surface area (Å²) >= 11 is 0. The number of hydrogen-bond donors (Lipinski definition) is 1. The molecular formula is C11H16N2. The number of fused-ring (bicyclic) bond motifs is 1. The molecule has 0 bridgehead atoms. The van der Waals surface area contributed by atoms with Crippen LogP contribution in [0.5, 0.6) is 0 Å². The molecule has 2 nitrogen and oxygen atoms in total. The summed E-state index contributed by atoms with van der Waals surface area (Å²) in [7, 11) is 4.09. The molecule has 0 unspecified atom stereocenters. The molecule has 0 aromatic heterocycles. The summed E-state index contributed by atoms with van der Waals surface area (Å²) in [4.78, 5) is 0. The van der Waals surface area contributed by atoms with Gasteiger partial charge in [-0.25, -0.2) is 0 Å². The maximum atomic E-state index is 3.42. The van der Waals surface area contributed by atoms with Crippen molar-refractivity contribution in [3.8, 4) is 0 Å². The fourth-order valence-corrected chi connectivity index (χ4v) is 2.02. The zero-order chi connectivity index (χ0) is 9.26. The minimum absolute atomic E-state index is 0.590. The van der Waals surface area contributed by atoms with Crippen LogP contribution in [0, 0.1) is 0 Å². The molecule has 0 amide bonds. The first-order valence-electron chi connectivity index (χ1n) is 4.76. The van der Waals surface area contributed by atoms with E-state index in [1.54, 1.807) is 0 Å². The molecule has 0 radical (unpaired) electrons. The zero-order valence-corrected chi connectivity index (χ0v) is 8.25. The van der Waals surface area contributed by atoms with Gasteiger partial charge in [-0.1, -0.05) is 24.3 Å². The third-order valence-corrected chi connectivity index (χ3v) is 2.49. The van der Waals surface area contributed by atoms with Gasteiger partial charge in [0.25, 0.3) is 0 Å². The van der Waals surface area contributed by atoms with E-state index in [1.165, 1.54) is 11.1 Å². The molecule has 0 fully saturated rings. The Kier molecular flexibility index (Phi) is 2.34. The van der Waals surface area contributed by atoms with Gasteiger partial charge in [-0.05, 0) is 24.0 Å². The van der Waals surface area contributed by atoms with E-state index in [2.05, 4.69) is 29.7 Å². The van der Waals surface area contributed by atoms with E-state index in [0.29, 0.717) is 6.04 Å². The lowest BCUT2D eigenvalue weighted by molar-refractivity contribution is 0.245. The maximum absolute atomic E-state index is 3.42. The van der Waals surface area contributed by atoms with Gasteiger partial charge in [0.15, 0.2) is 0 Å². The minimum atomic E-state index is 0.590. The first-order valence-corrected chi connectivity index (χ1v) is 4.76. The highest BCUT2D eigenvalue weighted by atomic mass is 15.5. The summed E-state index contributed by atoms with van der Waals surface area (Å²) < 4.78 is 0. The summed E-state index contributed by atoms with van der Waals surface area (Å²) in [6, 6.07) is 9.29. The quantitative estimate of drug-likeness (QED) is 0.682. The van der Waals surface area contributed by atoms with Crippen LogP contribution in [-0.4, -0.2) is 25.1 Å². The fourth-order valence-electron chi connectivity index (χ4n) is 2.02. The molecule has 2 heteroatoms. The highest BCUT2D eigenvalue weighted by molar-refractivity contribution is 5.33. The van der Waals surface area contributed by atoms with Gasteiger partial charge in [0.2, 0.25) is 0 Å². The SMILES string of the molecule is CN(C)NC1Cc2ccccc2C1. The Morgan fingerprint density at radius 3 is 2.15 bits per heavy atom. The van der Waals surface area contributed by atoms with Crippen LogP contribution in [0.1, 0.15) is 11.1 Å². The third kappa shape index (κ3) is 1.90. The Labute approximate surface area is 79.5 Å². The summed E-state index contributed by atoms with van der Waals surface area (Å²) in [6.45, 7) is 0. The van der Waals surface area contributed by atoms with Crippen LogP contribution in [0.3, 0.4) is 0 Å². The van der Waals surface area contributed by atoms with Crippen molar-refractivity contribution < 1.29 is 0 Å². The van der Waals surface area contributed by atoms with Crippen LogP contribution in [0.2, 0.25) is 0 Å². The van der Waals surface area contributed by atoms with Crippen molar-refractivity contribution in [2.45, 2.75) is 18.9 Å². The molecule has 0 saturated heterocycles. The predicted octanol–water partition coefficient (Wildman–Crippen LogP) is 1.22. The van der Waals surface area contributed by atoms with Gasteiger partial charge < -0.3 is 0 Å². The van der Waals surface area contributed by atoms with Crippen LogP contribution in [0.4, 0.5) is 0 Å². The van der Waals surface area contributed by atoms with E-state index < -0.39 is 0 Å². The molecule has 1 aliphatic carbocycles. The molecule has 1 aromatic rings. The van der Waals surface area contributed by atoms with Crippen LogP contribution >= 0.6 is 0 Å².